The standard InChI is InChI=1S/C26H15ClN2O10/c1-39-11-5-10(30)13-14(19(11)31)21(33)16-15(20(13)32)23(35)26(24(16)36)3-2-8-17(26)22(34)12-9(18(8)27)4-7(6-28-38)29-25(12)37/h4-6,34-36,38H,2-3H2,1H3,(H,29,37)/b28-6+/t26-/m0/s1. The van der Waals surface area contributed by atoms with Crippen LogP contribution in [0.25, 0.3) is 22.3 Å². The fourth-order valence-electron chi connectivity index (χ4n) is 5.94. The van der Waals surface area contributed by atoms with Crippen molar-refractivity contribution in [2.75, 3.05) is 7.11 Å². The summed E-state index contributed by atoms with van der Waals surface area (Å²) in [5, 5.41) is 42.7. The monoisotopic (exact) mass is 550 g/mol. The van der Waals surface area contributed by atoms with Crippen LogP contribution in [0.2, 0.25) is 5.02 Å². The number of phenols is 1. The average molecular weight is 551 g/mol. The molecule has 1 heterocycles. The van der Waals surface area contributed by atoms with Crippen molar-refractivity contribution < 1.29 is 25.3 Å². The maximum absolute atomic E-state index is 13.5. The molecule has 5 N–H and O–H groups in total. The van der Waals surface area contributed by atoms with Crippen molar-refractivity contribution in [1.29, 1.82) is 0 Å². The van der Waals surface area contributed by atoms with Gasteiger partial charge < -0.3 is 30.2 Å². The summed E-state index contributed by atoms with van der Waals surface area (Å²) in [6.45, 7) is 0. The molecule has 1 spiro atoms. The van der Waals surface area contributed by atoms with Crippen molar-refractivity contribution in [3.63, 3.8) is 0 Å². The zero-order valence-electron chi connectivity index (χ0n) is 19.7. The number of aromatic hydroxyl groups is 1. The van der Waals surface area contributed by atoms with E-state index in [0.717, 1.165) is 19.4 Å². The number of nitrogens with one attached hydrogen (secondary N) is 1. The molecule has 0 saturated carbocycles. The zero-order valence-corrected chi connectivity index (χ0v) is 20.5. The molecule has 4 aliphatic rings. The predicted octanol–water partition coefficient (Wildman–Crippen LogP) is -1.02. The summed E-state index contributed by atoms with van der Waals surface area (Å²) in [4.78, 5) is 67.8. The number of pyridine rings is 1. The second-order valence-electron chi connectivity index (χ2n) is 9.27. The lowest BCUT2D eigenvalue weighted by Crippen LogP contribution is -2.51. The van der Waals surface area contributed by atoms with E-state index < -0.39 is 76.6 Å². The maximum Gasteiger partial charge on any atom is 0.260 e. The third-order valence-electron chi connectivity index (χ3n) is 7.57. The molecule has 0 fully saturated rings. The molecule has 4 aliphatic carbocycles. The van der Waals surface area contributed by atoms with Gasteiger partial charge in [0.05, 0.1) is 50.3 Å². The summed E-state index contributed by atoms with van der Waals surface area (Å²) in [6.07, 6.45) is 0.773. The minimum absolute atomic E-state index is 0.0192. The first-order valence-corrected chi connectivity index (χ1v) is 11.7. The van der Waals surface area contributed by atoms with Gasteiger partial charge in [-0.1, -0.05) is 16.8 Å². The van der Waals surface area contributed by atoms with E-state index in [-0.39, 0.29) is 45.5 Å². The number of hydrogen-bond donors (Lipinski definition) is 5. The van der Waals surface area contributed by atoms with Crippen LogP contribution >= 0.6 is 11.6 Å². The number of methoxy groups -OCH3 is 1. The fourth-order valence-corrected chi connectivity index (χ4v) is 6.28. The number of nitrogens with zero attached hydrogens (tertiary/aromatic N) is 1. The minimum atomic E-state index is -2.07. The van der Waals surface area contributed by atoms with Crippen LogP contribution in [-0.4, -0.2) is 38.8 Å². The third-order valence-corrected chi connectivity index (χ3v) is 8.01. The molecule has 6 rings (SSSR count). The number of benzene rings is 1. The summed E-state index contributed by atoms with van der Waals surface area (Å²) < 4.78 is 4.86. The summed E-state index contributed by atoms with van der Waals surface area (Å²) in [7, 11) is 1.10. The lowest BCUT2D eigenvalue weighted by atomic mass is 9.78. The molecule has 196 valence electrons. The van der Waals surface area contributed by atoms with E-state index in [1.54, 1.807) is 0 Å². The Labute approximate surface area is 218 Å². The van der Waals surface area contributed by atoms with E-state index in [1.807, 2.05) is 0 Å². The van der Waals surface area contributed by atoms with Crippen LogP contribution in [0.3, 0.4) is 0 Å². The largest absolute Gasteiger partial charge is 0.510 e. The average Bonchev–Trinajstić information content (AvgIpc) is 3.40. The number of rotatable bonds is 2. The molecule has 0 aliphatic heterocycles. The van der Waals surface area contributed by atoms with Gasteiger partial charge in [-0.15, -0.1) is 0 Å². The van der Waals surface area contributed by atoms with Gasteiger partial charge in [-0.25, -0.2) is 0 Å². The Morgan fingerprint density at radius 2 is 1.62 bits per heavy atom. The number of aromatic amines is 1. The molecule has 1 atom stereocenters. The Morgan fingerprint density at radius 3 is 2.23 bits per heavy atom. The van der Waals surface area contributed by atoms with Crippen LogP contribution in [-0.2, 0) is 11.8 Å². The molecule has 0 saturated heterocycles. The number of aliphatic hydroxyl groups excluding tert-OH is 2. The Balaban J connectivity index is 1.84. The van der Waals surface area contributed by atoms with Crippen molar-refractivity contribution >= 4 is 40.1 Å². The first-order chi connectivity index (χ1) is 18.5. The van der Waals surface area contributed by atoms with Gasteiger partial charge in [-0.2, -0.15) is 0 Å². The molecule has 0 radical (unpaired) electrons. The molecule has 13 heteroatoms. The smallest absolute Gasteiger partial charge is 0.260 e. The van der Waals surface area contributed by atoms with Gasteiger partial charge in [0.1, 0.15) is 22.7 Å². The van der Waals surface area contributed by atoms with E-state index >= 15 is 0 Å². The topological polar surface area (TPSA) is 204 Å². The number of phenolic OH excluding ortho intramolecular Hbond substituents is 1. The summed E-state index contributed by atoms with van der Waals surface area (Å²) in [6, 6.07) is 2.10. The highest BCUT2D eigenvalue weighted by atomic mass is 35.5. The molecule has 39 heavy (non-hydrogen) atoms. The molecular weight excluding hydrogens is 536 g/mol. The number of aliphatic hydroxyl groups is 2. The second kappa shape index (κ2) is 7.77. The van der Waals surface area contributed by atoms with E-state index in [1.165, 1.54) is 6.07 Å². The Kier molecular flexibility index (Phi) is 4.86. The second-order valence-corrected chi connectivity index (χ2v) is 9.65. The number of oxime groups is 1. The van der Waals surface area contributed by atoms with Gasteiger partial charge >= 0.3 is 0 Å². The molecule has 12 nitrogen and oxygen atoms in total. The van der Waals surface area contributed by atoms with E-state index in [9.17, 15) is 39.3 Å². The number of H-pyrrole nitrogens is 1. The van der Waals surface area contributed by atoms with Crippen molar-refractivity contribution in [1.82, 2.24) is 4.98 Å². The maximum atomic E-state index is 13.5. The molecular formula is C26H15ClN2O10. The highest BCUT2D eigenvalue weighted by Crippen LogP contribution is 2.56. The lowest BCUT2D eigenvalue weighted by molar-refractivity contribution is 0.321. The Morgan fingerprint density at radius 1 is 0.974 bits per heavy atom. The van der Waals surface area contributed by atoms with Crippen molar-refractivity contribution in [3.8, 4) is 11.5 Å². The normalized spacial score (nSPS) is 18.1. The van der Waals surface area contributed by atoms with Gasteiger partial charge in [-0.05, 0) is 24.5 Å². The van der Waals surface area contributed by atoms with Gasteiger partial charge in [-0.3, -0.25) is 24.0 Å². The van der Waals surface area contributed by atoms with Crippen LogP contribution in [0.5, 0.6) is 11.5 Å². The van der Waals surface area contributed by atoms with Gasteiger partial charge in [0.2, 0.25) is 16.3 Å². The van der Waals surface area contributed by atoms with Crippen LogP contribution in [0, 0.1) is 10.4 Å². The van der Waals surface area contributed by atoms with Crippen LogP contribution in [0.1, 0.15) is 23.2 Å². The van der Waals surface area contributed by atoms with Gasteiger partial charge in [0, 0.05) is 17.0 Å². The first kappa shape index (κ1) is 24.4. The lowest BCUT2D eigenvalue weighted by Gasteiger charge is -2.27. The van der Waals surface area contributed by atoms with Crippen molar-refractivity contribution in [3.05, 3.63) is 106 Å². The number of hydrogen-bond acceptors (Lipinski definition) is 11. The summed E-state index contributed by atoms with van der Waals surface area (Å²) in [5.41, 5.74) is -7.20. The van der Waals surface area contributed by atoms with E-state index in [0.29, 0.717) is 0 Å². The van der Waals surface area contributed by atoms with Crippen LogP contribution in [0.4, 0.5) is 0 Å². The Hall–Kier alpha value is -4.97. The highest BCUT2D eigenvalue weighted by molar-refractivity contribution is 6.37. The van der Waals surface area contributed by atoms with Crippen LogP contribution in [0.15, 0.2) is 41.3 Å². The number of fused-ring (bicyclic) bond motifs is 4. The molecule has 0 amide bonds. The summed E-state index contributed by atoms with van der Waals surface area (Å²) >= 11 is 6.62. The van der Waals surface area contributed by atoms with E-state index in [4.69, 9.17) is 21.5 Å². The van der Waals surface area contributed by atoms with E-state index in [2.05, 4.69) is 10.1 Å². The predicted molar refractivity (Wildman–Crippen MR) is 138 cm³/mol. The fraction of sp³-hybridized carbons (Fsp3) is 0.154. The molecule has 0 bridgehead atoms. The first-order valence-electron chi connectivity index (χ1n) is 11.4. The van der Waals surface area contributed by atoms with Crippen molar-refractivity contribution in [2.24, 2.45) is 5.16 Å². The number of aromatic nitrogens is 1. The molecule has 1 aromatic heterocycles. The SMILES string of the molecule is COc1cc(=O)c2c(=O)c3c(c(=O)c=2c1=O)=C(O)[C@]1(CCc2c1c(O)c1c(=O)[nH]c(/C=N/O)cc1c2Cl)C=3O. The third kappa shape index (κ3) is 2.73. The summed E-state index contributed by atoms with van der Waals surface area (Å²) in [5.74, 6) is -2.82. The minimum Gasteiger partial charge on any atom is -0.510 e. The molecule has 1 aromatic carbocycles. The molecule has 2 aromatic rings. The highest BCUT2D eigenvalue weighted by Gasteiger charge is 2.53. The Bertz CT molecular complexity index is 2330. The van der Waals surface area contributed by atoms with Crippen LogP contribution < -0.4 is 42.4 Å². The quantitative estimate of drug-likeness (QED) is 0.117. The molecule has 0 unspecified atom stereocenters. The number of ether oxygens (including phenoxy) is 1. The zero-order chi connectivity index (χ0) is 28.1. The van der Waals surface area contributed by atoms with Crippen molar-refractivity contribution in [2.45, 2.75) is 18.3 Å². The van der Waals surface area contributed by atoms with Gasteiger partial charge in [0.25, 0.3) is 5.56 Å². The number of halogens is 1. The van der Waals surface area contributed by atoms with Gasteiger partial charge in [0.15, 0.2) is 11.2 Å².